The van der Waals surface area contributed by atoms with Gasteiger partial charge >= 0.3 is 0 Å². The van der Waals surface area contributed by atoms with Crippen LogP contribution in [-0.2, 0) is 5.41 Å². The number of para-hydroxylation sites is 1. The van der Waals surface area contributed by atoms with Gasteiger partial charge in [-0.2, -0.15) is 0 Å². The molecule has 1 aliphatic rings. The summed E-state index contributed by atoms with van der Waals surface area (Å²) in [6.45, 7) is 0. The van der Waals surface area contributed by atoms with E-state index in [1.54, 1.807) is 0 Å². The number of furan rings is 1. The van der Waals surface area contributed by atoms with Crippen molar-refractivity contribution in [3.8, 4) is 44.5 Å². The molecule has 1 aliphatic carbocycles. The van der Waals surface area contributed by atoms with Crippen LogP contribution >= 0.6 is 0 Å². The SMILES string of the molecule is [2H]c1c([2H])c([2H])c2c(-c3ccc(-c4ccc5c(c4)C(c4ccccc4)(c4ccccc4)c4ccccc4-5)c4oc5ccccc5c34)c3c([2H])c([2H])c([2H])c([2H])c3c(-c3ccc4ccccc4c3)c2c1[2H]. The van der Waals surface area contributed by atoms with Gasteiger partial charge in [0.1, 0.15) is 11.2 Å². The Kier molecular flexibility index (Phi) is 6.04. The van der Waals surface area contributed by atoms with Crippen LogP contribution in [0.4, 0.5) is 0 Å². The molecule has 1 heteroatoms. The van der Waals surface area contributed by atoms with Gasteiger partial charge in [-0.3, -0.25) is 0 Å². The summed E-state index contributed by atoms with van der Waals surface area (Å²) >= 11 is 0. The molecule has 12 aromatic rings. The molecule has 0 radical (unpaired) electrons. The van der Waals surface area contributed by atoms with Crippen LogP contribution in [0.3, 0.4) is 0 Å². The van der Waals surface area contributed by atoms with E-state index in [0.29, 0.717) is 33.2 Å². The van der Waals surface area contributed by atoms with E-state index >= 15 is 0 Å². The zero-order valence-corrected chi connectivity index (χ0v) is 33.2. The topological polar surface area (TPSA) is 13.1 Å². The predicted molar refractivity (Wildman–Crippen MR) is 260 cm³/mol. The summed E-state index contributed by atoms with van der Waals surface area (Å²) in [5.74, 6) is 0. The van der Waals surface area contributed by atoms with Crippen molar-refractivity contribution in [3.63, 3.8) is 0 Å². The van der Waals surface area contributed by atoms with Gasteiger partial charge in [-0.25, -0.2) is 0 Å². The fourth-order valence-corrected chi connectivity index (χ4v) is 10.4. The smallest absolute Gasteiger partial charge is 0.143 e. The third kappa shape index (κ3) is 4.91. The molecule has 1 aromatic heterocycles. The molecule has 0 bridgehead atoms. The molecule has 0 aliphatic heterocycles. The minimum Gasteiger partial charge on any atom is -0.455 e. The van der Waals surface area contributed by atoms with Crippen LogP contribution in [0.15, 0.2) is 235 Å². The molecule has 0 spiro atoms. The minimum atomic E-state index is -0.658. The van der Waals surface area contributed by atoms with Crippen LogP contribution in [0, 0.1) is 0 Å². The Labute approximate surface area is 371 Å². The highest BCUT2D eigenvalue weighted by Gasteiger charge is 2.46. The second kappa shape index (κ2) is 13.5. The summed E-state index contributed by atoms with van der Waals surface area (Å²) in [6, 6.07) is 58.4. The van der Waals surface area contributed by atoms with Crippen molar-refractivity contribution >= 4 is 54.3 Å². The molecule has 62 heavy (non-hydrogen) atoms. The average molecular weight is 795 g/mol. The van der Waals surface area contributed by atoms with Crippen molar-refractivity contribution in [2.45, 2.75) is 5.41 Å². The van der Waals surface area contributed by atoms with Crippen molar-refractivity contribution in [3.05, 3.63) is 253 Å². The molecule has 1 heterocycles. The van der Waals surface area contributed by atoms with Crippen LogP contribution in [0.5, 0.6) is 0 Å². The van der Waals surface area contributed by atoms with Crippen molar-refractivity contribution in [1.82, 2.24) is 0 Å². The Morgan fingerprint density at radius 3 is 1.65 bits per heavy atom. The Balaban J connectivity index is 1.16. The molecule has 0 saturated carbocycles. The van der Waals surface area contributed by atoms with Gasteiger partial charge in [-0.05, 0) is 118 Å². The Hall–Kier alpha value is -8.00. The first-order chi connectivity index (χ1) is 34.1. The summed E-state index contributed by atoms with van der Waals surface area (Å²) in [5, 5.41) is 3.84. The van der Waals surface area contributed by atoms with E-state index in [1.165, 1.54) is 5.56 Å². The fraction of sp³-hybridized carbons (Fsp3) is 0.0164. The molecule has 0 N–H and O–H groups in total. The highest BCUT2D eigenvalue weighted by atomic mass is 16.3. The van der Waals surface area contributed by atoms with E-state index in [1.807, 2.05) is 91.0 Å². The minimum absolute atomic E-state index is 0.150. The summed E-state index contributed by atoms with van der Waals surface area (Å²) < 4.78 is 81.8. The van der Waals surface area contributed by atoms with Crippen LogP contribution in [0.1, 0.15) is 33.2 Å². The van der Waals surface area contributed by atoms with Gasteiger partial charge in [0, 0.05) is 16.3 Å². The quantitative estimate of drug-likeness (QED) is 0.158. The molecule has 0 fully saturated rings. The lowest BCUT2D eigenvalue weighted by Gasteiger charge is -2.34. The van der Waals surface area contributed by atoms with Crippen molar-refractivity contribution in [2.24, 2.45) is 0 Å². The highest BCUT2D eigenvalue weighted by molar-refractivity contribution is 6.27. The largest absolute Gasteiger partial charge is 0.455 e. The van der Waals surface area contributed by atoms with Gasteiger partial charge in [0.25, 0.3) is 0 Å². The van der Waals surface area contributed by atoms with Crippen LogP contribution in [-0.4, -0.2) is 0 Å². The van der Waals surface area contributed by atoms with E-state index in [2.05, 4.69) is 91.0 Å². The number of hydrogen-bond acceptors (Lipinski definition) is 1. The lowest BCUT2D eigenvalue weighted by atomic mass is 9.67. The van der Waals surface area contributed by atoms with Gasteiger partial charge in [-0.1, -0.05) is 206 Å². The normalized spacial score (nSPS) is 14.8. The van der Waals surface area contributed by atoms with Gasteiger partial charge in [0.15, 0.2) is 0 Å². The van der Waals surface area contributed by atoms with Crippen molar-refractivity contribution in [1.29, 1.82) is 0 Å². The van der Waals surface area contributed by atoms with Crippen LogP contribution in [0.25, 0.3) is 98.8 Å². The first-order valence-electron chi connectivity index (χ1n) is 24.8. The monoisotopic (exact) mass is 794 g/mol. The first kappa shape index (κ1) is 27.7. The summed E-state index contributed by atoms with van der Waals surface area (Å²) in [5.41, 5.74) is 10.6. The molecular weight excluding hydrogens is 749 g/mol. The van der Waals surface area contributed by atoms with Gasteiger partial charge in [0.2, 0.25) is 0 Å². The molecule has 11 aromatic carbocycles. The lowest BCUT2D eigenvalue weighted by molar-refractivity contribution is 0.670. The maximum atomic E-state index is 9.71. The molecule has 0 unspecified atom stereocenters. The van der Waals surface area contributed by atoms with E-state index in [0.717, 1.165) is 55.1 Å². The first-order valence-corrected chi connectivity index (χ1v) is 20.8. The van der Waals surface area contributed by atoms with E-state index in [4.69, 9.17) is 9.90 Å². The molecule has 13 rings (SSSR count). The van der Waals surface area contributed by atoms with Gasteiger partial charge in [0.05, 0.1) is 16.4 Å². The molecule has 288 valence electrons. The maximum Gasteiger partial charge on any atom is 0.143 e. The van der Waals surface area contributed by atoms with Crippen molar-refractivity contribution in [2.75, 3.05) is 0 Å². The van der Waals surface area contributed by atoms with E-state index in [-0.39, 0.29) is 51.3 Å². The van der Waals surface area contributed by atoms with Crippen LogP contribution < -0.4 is 0 Å². The fourth-order valence-electron chi connectivity index (χ4n) is 10.4. The van der Waals surface area contributed by atoms with Gasteiger partial charge in [-0.15, -0.1) is 0 Å². The number of rotatable bonds is 5. The number of benzene rings is 11. The zero-order chi connectivity index (χ0) is 47.7. The molecular formula is C61H38O. The Bertz CT molecular complexity index is 4100. The third-order valence-electron chi connectivity index (χ3n) is 13.0. The highest BCUT2D eigenvalue weighted by Crippen LogP contribution is 2.57. The summed E-state index contributed by atoms with van der Waals surface area (Å²) in [4.78, 5) is 0. The summed E-state index contributed by atoms with van der Waals surface area (Å²) in [6.07, 6.45) is 0. The molecule has 0 amide bonds. The Morgan fingerprint density at radius 1 is 0.371 bits per heavy atom. The van der Waals surface area contributed by atoms with Gasteiger partial charge < -0.3 is 4.42 Å². The summed E-state index contributed by atoms with van der Waals surface area (Å²) in [7, 11) is 0. The molecule has 1 nitrogen and oxygen atoms in total. The van der Waals surface area contributed by atoms with Crippen molar-refractivity contribution < 1.29 is 15.4 Å². The number of fused-ring (bicyclic) bond motifs is 9. The predicted octanol–water partition coefficient (Wildman–Crippen LogP) is 16.4. The maximum absolute atomic E-state index is 9.71. The molecule has 0 atom stereocenters. The standard InChI is InChI=1S/C61H38O/c1-3-19-43(20-4-1)61(44-21-5-2-6-22-44)54-29-15-13-23-46(54)47-34-33-41(38-55(47)61)45-35-36-53(59-52-28-14-16-30-56(52)62-60(45)59)58-50-26-11-9-24-48(50)57(49-25-10-12-27-51(49)58)42-32-31-39-17-7-8-18-40(39)37-42/h1-38H/i9D,10D,11D,12D,24D,25D,26D,27D. The number of hydrogen-bond donors (Lipinski definition) is 0. The molecule has 0 saturated heterocycles. The van der Waals surface area contributed by atoms with E-state index in [9.17, 15) is 5.48 Å². The van der Waals surface area contributed by atoms with Crippen LogP contribution in [0.2, 0.25) is 0 Å². The second-order valence-corrected chi connectivity index (χ2v) is 16.1. The lowest BCUT2D eigenvalue weighted by Crippen LogP contribution is -2.28. The Morgan fingerprint density at radius 2 is 0.919 bits per heavy atom. The third-order valence-corrected chi connectivity index (χ3v) is 13.0. The second-order valence-electron chi connectivity index (χ2n) is 16.1. The zero-order valence-electron chi connectivity index (χ0n) is 41.2. The average Bonchev–Trinajstić information content (AvgIpc) is 3.94. The van der Waals surface area contributed by atoms with E-state index < -0.39 is 29.6 Å².